The van der Waals surface area contributed by atoms with Gasteiger partial charge in [0.2, 0.25) is 0 Å². The van der Waals surface area contributed by atoms with Crippen molar-refractivity contribution in [2.24, 2.45) is 0 Å². The molecular formula is C20H21O2P. The van der Waals surface area contributed by atoms with Gasteiger partial charge in [0.1, 0.15) is 0 Å². The van der Waals surface area contributed by atoms with E-state index in [1.165, 1.54) is 0 Å². The van der Waals surface area contributed by atoms with Crippen molar-refractivity contribution in [3.8, 4) is 0 Å². The zero-order chi connectivity index (χ0) is 16.3. The molecular weight excluding hydrogens is 303 g/mol. The summed E-state index contributed by atoms with van der Waals surface area (Å²) in [6.07, 6.45) is -0.507. The van der Waals surface area contributed by atoms with Crippen LogP contribution >= 0.6 is 7.49 Å². The normalized spacial score (nSPS) is 13.5. The summed E-state index contributed by atoms with van der Waals surface area (Å²) in [5.41, 5.74) is 0.853. The number of hydrogen-bond acceptors (Lipinski definition) is 2. The molecule has 0 amide bonds. The number of aliphatic hydroxyl groups is 1. The topological polar surface area (TPSA) is 40.5 Å². The van der Waals surface area contributed by atoms with E-state index in [0.717, 1.165) is 21.5 Å². The van der Waals surface area contributed by atoms with Gasteiger partial charge < -0.3 is 0 Å². The summed E-state index contributed by atoms with van der Waals surface area (Å²) in [7, 11) is -3.02. The van der Waals surface area contributed by atoms with Crippen LogP contribution in [0.1, 0.15) is 18.6 Å². The monoisotopic (exact) mass is 324 g/mol. The predicted octanol–water partition coefficient (Wildman–Crippen LogP) is 2.67. The van der Waals surface area contributed by atoms with Gasteiger partial charge in [0.05, 0.1) is 0 Å². The van der Waals surface area contributed by atoms with Crippen LogP contribution in [0, 0.1) is 0 Å². The first-order valence-electron chi connectivity index (χ1n) is 7.74. The Balaban J connectivity index is 2.16. The Kier molecular flexibility index (Phi) is 4.58. The Morgan fingerprint density at radius 2 is 1.04 bits per heavy atom. The molecule has 0 aromatic heterocycles. The zero-order valence-electron chi connectivity index (χ0n) is 13.1. The van der Waals surface area contributed by atoms with Gasteiger partial charge in [-0.15, -0.1) is 0 Å². The van der Waals surface area contributed by atoms with Crippen LogP contribution in [0.3, 0.4) is 0 Å². The molecule has 0 aliphatic carbocycles. The van der Waals surface area contributed by atoms with Crippen LogP contribution in [-0.4, -0.2) is 10.00 Å². The third-order valence-electron chi connectivity index (χ3n) is 4.19. The van der Waals surface area contributed by atoms with Gasteiger partial charge in [-0.1, -0.05) is 0 Å². The maximum absolute atomic E-state index is 11.7. The predicted molar refractivity (Wildman–Crippen MR) is 99.4 cm³/mol. The molecule has 3 aromatic carbocycles. The summed E-state index contributed by atoms with van der Waals surface area (Å²) >= 11 is 0. The summed E-state index contributed by atoms with van der Waals surface area (Å²) in [5.74, 6) is 0. The third-order valence-corrected chi connectivity index (χ3v) is 7.70. The van der Waals surface area contributed by atoms with E-state index < -0.39 is 13.6 Å². The van der Waals surface area contributed by atoms with Gasteiger partial charge in [0, 0.05) is 0 Å². The van der Waals surface area contributed by atoms with Crippen molar-refractivity contribution in [1.29, 1.82) is 0 Å². The standard InChI is InChI=1S/C20H21O2P/c1-16(21)17-12-14-20(15-13-17)23(22,18-8-4-2-5-9-18)19-10-6-3-7-11-19/h2-16,21-23H,1H3. The molecule has 1 unspecified atom stereocenters. The molecule has 2 N–H and O–H groups in total. The molecule has 3 aromatic rings. The van der Waals surface area contributed by atoms with Gasteiger partial charge in [-0.25, -0.2) is 0 Å². The molecule has 3 heteroatoms. The minimum atomic E-state index is -3.02. The minimum absolute atomic E-state index is 0.507. The van der Waals surface area contributed by atoms with Crippen molar-refractivity contribution in [2.75, 3.05) is 0 Å². The number of aliphatic hydroxyl groups excluding tert-OH is 1. The maximum atomic E-state index is 11.7. The average molecular weight is 324 g/mol. The van der Waals surface area contributed by atoms with Gasteiger partial charge in [-0.05, 0) is 0 Å². The molecule has 0 aliphatic heterocycles. The molecule has 0 saturated carbocycles. The van der Waals surface area contributed by atoms with Crippen LogP contribution in [0.2, 0.25) is 0 Å². The van der Waals surface area contributed by atoms with Crippen LogP contribution in [0.5, 0.6) is 0 Å². The zero-order valence-corrected chi connectivity index (χ0v) is 14.1. The van der Waals surface area contributed by atoms with E-state index in [4.69, 9.17) is 0 Å². The van der Waals surface area contributed by atoms with E-state index in [-0.39, 0.29) is 0 Å². The quantitative estimate of drug-likeness (QED) is 0.725. The Hall–Kier alpha value is -1.99. The summed E-state index contributed by atoms with van der Waals surface area (Å²) in [5, 5.41) is 12.5. The van der Waals surface area contributed by atoms with Crippen LogP contribution < -0.4 is 15.9 Å². The molecule has 2 nitrogen and oxygen atoms in total. The van der Waals surface area contributed by atoms with Crippen molar-refractivity contribution in [2.45, 2.75) is 13.0 Å². The van der Waals surface area contributed by atoms with Gasteiger partial charge in [0.25, 0.3) is 0 Å². The first kappa shape index (κ1) is 15.9. The molecule has 3 rings (SSSR count). The van der Waals surface area contributed by atoms with Gasteiger partial charge in [0.15, 0.2) is 0 Å². The second-order valence-corrected chi connectivity index (χ2v) is 8.89. The van der Waals surface area contributed by atoms with Crippen molar-refractivity contribution in [3.63, 3.8) is 0 Å². The molecule has 23 heavy (non-hydrogen) atoms. The summed E-state index contributed by atoms with van der Waals surface area (Å²) < 4.78 is 0. The molecule has 1 atom stereocenters. The number of hydrogen-bond donors (Lipinski definition) is 2. The van der Waals surface area contributed by atoms with Gasteiger partial charge in [-0.2, -0.15) is 0 Å². The van der Waals surface area contributed by atoms with E-state index in [9.17, 15) is 10.00 Å². The Labute approximate surface area is 137 Å². The third kappa shape index (κ3) is 3.07. The van der Waals surface area contributed by atoms with Gasteiger partial charge >= 0.3 is 137 Å². The van der Waals surface area contributed by atoms with Crippen LogP contribution in [0.4, 0.5) is 0 Å². The Morgan fingerprint density at radius 3 is 1.43 bits per heavy atom. The van der Waals surface area contributed by atoms with E-state index >= 15 is 0 Å². The molecule has 0 spiro atoms. The first-order valence-corrected chi connectivity index (χ1v) is 9.69. The molecule has 0 fully saturated rings. The van der Waals surface area contributed by atoms with E-state index in [2.05, 4.69) is 0 Å². The summed E-state index contributed by atoms with van der Waals surface area (Å²) in [6.45, 7) is 1.74. The fourth-order valence-corrected chi connectivity index (χ4v) is 5.86. The van der Waals surface area contributed by atoms with Gasteiger partial charge in [-0.3, -0.25) is 0 Å². The Bertz CT molecular complexity index is 713. The van der Waals surface area contributed by atoms with Crippen LogP contribution in [-0.2, 0) is 0 Å². The SMILES string of the molecule is CC(O)c1ccc([PH](O)(c2ccccc2)c2ccccc2)cc1. The molecule has 118 valence electrons. The Morgan fingerprint density at radius 1 is 0.652 bits per heavy atom. The fourth-order valence-electron chi connectivity index (χ4n) is 2.86. The summed E-state index contributed by atoms with van der Waals surface area (Å²) in [6, 6.07) is 27.4. The second kappa shape index (κ2) is 6.64. The first-order chi connectivity index (χ1) is 11.1. The second-order valence-electron chi connectivity index (χ2n) is 5.74. The summed E-state index contributed by atoms with van der Waals surface area (Å²) in [4.78, 5) is 11.7. The molecule has 0 bridgehead atoms. The van der Waals surface area contributed by atoms with Crippen molar-refractivity contribution in [1.82, 2.24) is 0 Å². The fraction of sp³-hybridized carbons (Fsp3) is 0.100. The molecule has 0 heterocycles. The van der Waals surface area contributed by atoms with Crippen molar-refractivity contribution < 1.29 is 10.00 Å². The molecule has 0 radical (unpaired) electrons. The number of rotatable bonds is 4. The average Bonchev–Trinajstić information content (AvgIpc) is 2.62. The van der Waals surface area contributed by atoms with Crippen LogP contribution in [0.15, 0.2) is 84.9 Å². The number of benzene rings is 3. The van der Waals surface area contributed by atoms with E-state index in [1.54, 1.807) is 6.92 Å². The van der Waals surface area contributed by atoms with Crippen LogP contribution in [0.25, 0.3) is 0 Å². The molecule has 0 saturated heterocycles. The molecule has 0 aliphatic rings. The van der Waals surface area contributed by atoms with Crippen molar-refractivity contribution >= 4 is 23.4 Å². The van der Waals surface area contributed by atoms with E-state index in [1.807, 2.05) is 84.9 Å². The van der Waals surface area contributed by atoms with Crippen molar-refractivity contribution in [3.05, 3.63) is 90.5 Å². The van der Waals surface area contributed by atoms with E-state index in [0.29, 0.717) is 0 Å².